The molecule has 0 amide bonds. The van der Waals surface area contributed by atoms with Crippen LogP contribution in [0.4, 0.5) is 18.9 Å². The zero-order chi connectivity index (χ0) is 24.6. The first-order valence-electron chi connectivity index (χ1n) is 11.3. The normalized spacial score (nSPS) is 15.1. The number of hydrogen-bond acceptors (Lipinski definition) is 3. The molecule has 1 aliphatic rings. The lowest BCUT2D eigenvalue weighted by atomic mass is 9.87. The monoisotopic (exact) mass is 489 g/mol. The van der Waals surface area contributed by atoms with Crippen LogP contribution in [0.15, 0.2) is 47.3 Å². The van der Waals surface area contributed by atoms with Crippen molar-refractivity contribution in [1.29, 1.82) is 0 Å². The Balaban J connectivity index is 1.48. The summed E-state index contributed by atoms with van der Waals surface area (Å²) in [5.74, 6) is 0.765. The first-order chi connectivity index (χ1) is 16.0. The number of alkyl halides is 3. The van der Waals surface area contributed by atoms with Gasteiger partial charge < -0.3 is 4.90 Å². The Hall–Kier alpha value is -2.80. The average molecular weight is 490 g/mol. The van der Waals surface area contributed by atoms with E-state index in [0.717, 1.165) is 24.1 Å². The fraction of sp³-hybridized carbons (Fsp3) is 0.385. The summed E-state index contributed by atoms with van der Waals surface area (Å²) >= 11 is 6.60. The van der Waals surface area contributed by atoms with Crippen LogP contribution < -0.4 is 10.5 Å². The Morgan fingerprint density at radius 1 is 1.03 bits per heavy atom. The van der Waals surface area contributed by atoms with E-state index in [1.807, 2.05) is 19.1 Å². The van der Waals surface area contributed by atoms with Crippen molar-refractivity contribution >= 4 is 17.3 Å². The first kappa shape index (κ1) is 24.3. The maximum Gasteiger partial charge on any atom is 0.416 e. The number of anilines is 1. The van der Waals surface area contributed by atoms with E-state index in [9.17, 15) is 18.0 Å². The molecule has 0 saturated carbocycles. The topological polar surface area (TPSA) is 38.1 Å². The highest BCUT2D eigenvalue weighted by Gasteiger charge is 2.34. The second-order valence-corrected chi connectivity index (χ2v) is 9.45. The molecule has 1 aliphatic heterocycles. The van der Waals surface area contributed by atoms with E-state index in [1.165, 1.54) is 22.8 Å². The van der Waals surface area contributed by atoms with Gasteiger partial charge in [-0.05, 0) is 75.8 Å². The van der Waals surface area contributed by atoms with Crippen LogP contribution in [0.2, 0.25) is 5.02 Å². The Bertz CT molecular complexity index is 1260. The lowest BCUT2D eigenvalue weighted by molar-refractivity contribution is -0.138. The predicted molar refractivity (Wildman–Crippen MR) is 129 cm³/mol. The molecule has 0 atom stereocenters. The number of aromatic nitrogens is 2. The largest absolute Gasteiger partial charge is 0.416 e. The Labute approximate surface area is 202 Å². The number of nitrogens with zero attached hydrogens (tertiary/aromatic N) is 3. The van der Waals surface area contributed by atoms with Gasteiger partial charge in [0.2, 0.25) is 0 Å². The molecule has 8 heteroatoms. The summed E-state index contributed by atoms with van der Waals surface area (Å²) in [6.07, 6.45) is -2.36. The molecule has 1 fully saturated rings. The molecule has 0 bridgehead atoms. The number of halogens is 4. The summed E-state index contributed by atoms with van der Waals surface area (Å²) in [5.41, 5.74) is 2.70. The fourth-order valence-electron chi connectivity index (χ4n) is 4.80. The second-order valence-electron chi connectivity index (χ2n) is 9.05. The quantitative estimate of drug-likeness (QED) is 0.432. The molecule has 0 aliphatic carbocycles. The van der Waals surface area contributed by atoms with Crippen LogP contribution in [0.1, 0.15) is 41.1 Å². The van der Waals surface area contributed by atoms with Crippen molar-refractivity contribution in [1.82, 2.24) is 9.55 Å². The van der Waals surface area contributed by atoms with Crippen LogP contribution in [0.25, 0.3) is 5.69 Å². The molecule has 1 aromatic heterocycles. The van der Waals surface area contributed by atoms with Gasteiger partial charge in [0.15, 0.2) is 0 Å². The molecule has 1 saturated heterocycles. The summed E-state index contributed by atoms with van der Waals surface area (Å²) in [6, 6.07) is 11.4. The lowest BCUT2D eigenvalue weighted by Crippen LogP contribution is -2.34. The van der Waals surface area contributed by atoms with Gasteiger partial charge >= 0.3 is 6.18 Å². The zero-order valence-corrected chi connectivity index (χ0v) is 20.2. The van der Waals surface area contributed by atoms with E-state index in [4.69, 9.17) is 11.6 Å². The van der Waals surface area contributed by atoms with Gasteiger partial charge in [-0.3, -0.25) is 9.36 Å². The molecular weight excluding hydrogens is 463 g/mol. The van der Waals surface area contributed by atoms with Crippen LogP contribution in [0.3, 0.4) is 0 Å². The van der Waals surface area contributed by atoms with Crippen molar-refractivity contribution in [3.05, 3.63) is 86.0 Å². The lowest BCUT2D eigenvalue weighted by Gasteiger charge is -2.34. The Morgan fingerprint density at radius 3 is 2.35 bits per heavy atom. The predicted octanol–water partition coefficient (Wildman–Crippen LogP) is 6.29. The van der Waals surface area contributed by atoms with E-state index in [0.29, 0.717) is 47.3 Å². The Kier molecular flexibility index (Phi) is 6.76. The molecule has 34 heavy (non-hydrogen) atoms. The van der Waals surface area contributed by atoms with Gasteiger partial charge in [-0.2, -0.15) is 13.2 Å². The standard InChI is InChI=1S/C26H27ClF3N3O/c1-16-4-6-22(26(28,29)30)20(12-16)14-19-8-10-32(11-9-19)24-7-5-21(15-23(24)27)33-18(3)31-17(2)13-25(33)34/h4-7,12-13,15,19H,8-11,14H2,1-3H3. The van der Waals surface area contributed by atoms with Crippen molar-refractivity contribution in [2.45, 2.75) is 46.2 Å². The van der Waals surface area contributed by atoms with Crippen LogP contribution in [0.5, 0.6) is 0 Å². The molecule has 180 valence electrons. The summed E-state index contributed by atoms with van der Waals surface area (Å²) in [7, 11) is 0. The third-order valence-corrected chi connectivity index (χ3v) is 6.74. The third-order valence-electron chi connectivity index (χ3n) is 6.43. The third kappa shape index (κ3) is 5.14. The molecular formula is C26H27ClF3N3O. The van der Waals surface area contributed by atoms with Gasteiger partial charge in [0, 0.05) is 24.8 Å². The maximum absolute atomic E-state index is 13.4. The minimum atomic E-state index is -4.34. The number of piperidine rings is 1. The van der Waals surface area contributed by atoms with Gasteiger partial charge in [0.25, 0.3) is 5.56 Å². The van der Waals surface area contributed by atoms with Gasteiger partial charge in [-0.1, -0.05) is 29.3 Å². The molecule has 2 heterocycles. The van der Waals surface area contributed by atoms with Gasteiger partial charge in [0.05, 0.1) is 22.0 Å². The van der Waals surface area contributed by atoms with E-state index in [-0.39, 0.29) is 11.5 Å². The molecule has 0 spiro atoms. The van der Waals surface area contributed by atoms with Crippen molar-refractivity contribution < 1.29 is 13.2 Å². The zero-order valence-electron chi connectivity index (χ0n) is 19.4. The van der Waals surface area contributed by atoms with Crippen molar-refractivity contribution in [3.63, 3.8) is 0 Å². The van der Waals surface area contributed by atoms with Crippen molar-refractivity contribution in [2.24, 2.45) is 5.92 Å². The van der Waals surface area contributed by atoms with Gasteiger partial charge in [-0.15, -0.1) is 0 Å². The Morgan fingerprint density at radius 2 is 1.74 bits per heavy atom. The molecule has 2 aromatic carbocycles. The van der Waals surface area contributed by atoms with Gasteiger partial charge in [0.1, 0.15) is 5.82 Å². The average Bonchev–Trinajstić information content (AvgIpc) is 2.73. The van der Waals surface area contributed by atoms with E-state index < -0.39 is 11.7 Å². The highest BCUT2D eigenvalue weighted by atomic mass is 35.5. The number of hydrogen-bond donors (Lipinski definition) is 0. The van der Waals surface area contributed by atoms with Crippen LogP contribution in [-0.2, 0) is 12.6 Å². The number of benzene rings is 2. The summed E-state index contributed by atoms with van der Waals surface area (Å²) in [5, 5.41) is 0.529. The highest BCUT2D eigenvalue weighted by Crippen LogP contribution is 2.36. The maximum atomic E-state index is 13.4. The van der Waals surface area contributed by atoms with E-state index in [2.05, 4.69) is 9.88 Å². The molecule has 4 nitrogen and oxygen atoms in total. The van der Waals surface area contributed by atoms with Crippen LogP contribution in [-0.4, -0.2) is 22.6 Å². The summed E-state index contributed by atoms with van der Waals surface area (Å²) < 4.78 is 41.8. The second kappa shape index (κ2) is 9.45. The SMILES string of the molecule is Cc1ccc(C(F)(F)F)c(CC2CCN(c3ccc(-n4c(C)nc(C)cc4=O)cc3Cl)CC2)c1. The molecule has 0 unspecified atom stereocenters. The molecule has 0 N–H and O–H groups in total. The smallest absolute Gasteiger partial charge is 0.370 e. The molecule has 0 radical (unpaired) electrons. The first-order valence-corrected chi connectivity index (χ1v) is 11.7. The van der Waals surface area contributed by atoms with Crippen LogP contribution >= 0.6 is 11.6 Å². The van der Waals surface area contributed by atoms with Crippen molar-refractivity contribution in [3.8, 4) is 5.69 Å². The van der Waals surface area contributed by atoms with E-state index in [1.54, 1.807) is 26.0 Å². The highest BCUT2D eigenvalue weighted by molar-refractivity contribution is 6.33. The summed E-state index contributed by atoms with van der Waals surface area (Å²) in [6.45, 7) is 6.80. The number of rotatable bonds is 4. The summed E-state index contributed by atoms with van der Waals surface area (Å²) in [4.78, 5) is 19.0. The minimum Gasteiger partial charge on any atom is -0.370 e. The fourth-order valence-corrected chi connectivity index (χ4v) is 5.10. The minimum absolute atomic E-state index is 0.163. The van der Waals surface area contributed by atoms with Crippen LogP contribution in [0, 0.1) is 26.7 Å². The molecule has 4 rings (SSSR count). The number of aryl methyl sites for hydroxylation is 3. The van der Waals surface area contributed by atoms with Gasteiger partial charge in [-0.25, -0.2) is 4.98 Å². The van der Waals surface area contributed by atoms with Crippen molar-refractivity contribution in [2.75, 3.05) is 18.0 Å². The van der Waals surface area contributed by atoms with E-state index >= 15 is 0 Å². The molecule has 3 aromatic rings.